The van der Waals surface area contributed by atoms with Gasteiger partial charge in [0.2, 0.25) is 10.0 Å². The highest BCUT2D eigenvalue weighted by molar-refractivity contribution is 7.89. The van der Waals surface area contributed by atoms with Gasteiger partial charge in [0, 0.05) is 12.6 Å². The highest BCUT2D eigenvalue weighted by atomic mass is 32.2. The standard InChI is InChI=1S/C11H22N4O2S/c1-8(2)14-18(16,17)11-9(3)13-15(10(11)4)7-5-6-12/h8,14H,5-7,12H2,1-4H3. The van der Waals surface area contributed by atoms with E-state index in [1.807, 2.05) is 0 Å². The number of hydrogen-bond donors (Lipinski definition) is 2. The lowest BCUT2D eigenvalue weighted by Gasteiger charge is -2.10. The number of rotatable bonds is 6. The molecule has 104 valence electrons. The van der Waals surface area contributed by atoms with E-state index in [0.29, 0.717) is 24.5 Å². The van der Waals surface area contributed by atoms with E-state index in [1.54, 1.807) is 32.4 Å². The Labute approximate surface area is 109 Å². The van der Waals surface area contributed by atoms with E-state index < -0.39 is 10.0 Å². The van der Waals surface area contributed by atoms with Gasteiger partial charge in [0.15, 0.2) is 0 Å². The normalized spacial score (nSPS) is 12.3. The maximum Gasteiger partial charge on any atom is 0.244 e. The second-order valence-electron chi connectivity index (χ2n) is 4.64. The van der Waals surface area contributed by atoms with Crippen LogP contribution >= 0.6 is 0 Å². The molecule has 0 saturated heterocycles. The van der Waals surface area contributed by atoms with Crippen LogP contribution in [0.15, 0.2) is 4.90 Å². The Morgan fingerprint density at radius 3 is 2.50 bits per heavy atom. The molecule has 0 saturated carbocycles. The zero-order chi connectivity index (χ0) is 13.9. The molecule has 0 aliphatic carbocycles. The highest BCUT2D eigenvalue weighted by Crippen LogP contribution is 2.19. The number of aromatic nitrogens is 2. The summed E-state index contributed by atoms with van der Waals surface area (Å²) in [6, 6.07) is -0.138. The first kappa shape index (κ1) is 15.1. The molecule has 1 aromatic heterocycles. The first-order valence-corrected chi connectivity index (χ1v) is 7.54. The minimum atomic E-state index is -3.49. The molecule has 0 amide bonds. The van der Waals surface area contributed by atoms with Crippen LogP contribution in [0.3, 0.4) is 0 Å². The van der Waals surface area contributed by atoms with Gasteiger partial charge in [-0.2, -0.15) is 5.10 Å². The summed E-state index contributed by atoms with van der Waals surface area (Å²) in [5, 5.41) is 4.26. The summed E-state index contributed by atoms with van der Waals surface area (Å²) in [5.41, 5.74) is 6.64. The molecular weight excluding hydrogens is 252 g/mol. The largest absolute Gasteiger partial charge is 0.330 e. The molecule has 0 aromatic carbocycles. The monoisotopic (exact) mass is 274 g/mol. The Morgan fingerprint density at radius 2 is 2.00 bits per heavy atom. The van der Waals surface area contributed by atoms with Gasteiger partial charge in [-0.05, 0) is 40.7 Å². The summed E-state index contributed by atoms with van der Waals surface area (Å²) in [5.74, 6) is 0. The van der Waals surface area contributed by atoms with Gasteiger partial charge in [-0.3, -0.25) is 4.68 Å². The Kier molecular flexibility index (Phi) is 4.89. The van der Waals surface area contributed by atoms with E-state index >= 15 is 0 Å². The van der Waals surface area contributed by atoms with Crippen molar-refractivity contribution in [3.05, 3.63) is 11.4 Å². The lowest BCUT2D eigenvalue weighted by Crippen LogP contribution is -2.31. The Bertz CT molecular complexity index is 505. The van der Waals surface area contributed by atoms with Crippen LogP contribution in [0.25, 0.3) is 0 Å². The second-order valence-corrected chi connectivity index (χ2v) is 6.29. The van der Waals surface area contributed by atoms with Crippen molar-refractivity contribution < 1.29 is 8.42 Å². The van der Waals surface area contributed by atoms with E-state index in [4.69, 9.17) is 5.73 Å². The van der Waals surface area contributed by atoms with Crippen molar-refractivity contribution >= 4 is 10.0 Å². The molecule has 0 bridgehead atoms. The molecule has 0 aliphatic rings. The Hall–Kier alpha value is -0.920. The maximum absolute atomic E-state index is 12.2. The molecule has 7 heteroatoms. The Balaban J connectivity index is 3.13. The summed E-state index contributed by atoms with van der Waals surface area (Å²) in [7, 11) is -3.49. The molecule has 18 heavy (non-hydrogen) atoms. The zero-order valence-corrected chi connectivity index (χ0v) is 12.2. The minimum Gasteiger partial charge on any atom is -0.330 e. The minimum absolute atomic E-state index is 0.138. The smallest absolute Gasteiger partial charge is 0.244 e. The van der Waals surface area contributed by atoms with E-state index in [1.165, 1.54) is 0 Å². The number of nitrogens with two attached hydrogens (primary N) is 1. The van der Waals surface area contributed by atoms with Gasteiger partial charge in [-0.1, -0.05) is 0 Å². The first-order chi connectivity index (χ1) is 8.29. The first-order valence-electron chi connectivity index (χ1n) is 6.06. The van der Waals surface area contributed by atoms with Crippen molar-refractivity contribution in [3.63, 3.8) is 0 Å². The lowest BCUT2D eigenvalue weighted by atomic mass is 10.4. The van der Waals surface area contributed by atoms with Crippen LogP contribution in [0, 0.1) is 13.8 Å². The van der Waals surface area contributed by atoms with Crippen LogP contribution in [0.4, 0.5) is 0 Å². The van der Waals surface area contributed by atoms with Crippen molar-refractivity contribution in [1.29, 1.82) is 0 Å². The molecule has 1 aromatic rings. The van der Waals surface area contributed by atoms with E-state index in [-0.39, 0.29) is 10.9 Å². The molecule has 1 rings (SSSR count). The number of aryl methyl sites for hydroxylation is 2. The van der Waals surface area contributed by atoms with Gasteiger partial charge in [-0.25, -0.2) is 13.1 Å². The van der Waals surface area contributed by atoms with E-state index in [0.717, 1.165) is 6.42 Å². The predicted molar refractivity (Wildman–Crippen MR) is 70.8 cm³/mol. The van der Waals surface area contributed by atoms with Crippen LogP contribution < -0.4 is 10.5 Å². The van der Waals surface area contributed by atoms with Crippen LogP contribution in [-0.4, -0.2) is 30.8 Å². The molecule has 0 fully saturated rings. The number of sulfonamides is 1. The average molecular weight is 274 g/mol. The van der Waals surface area contributed by atoms with Crippen molar-refractivity contribution in [2.45, 2.75) is 51.6 Å². The van der Waals surface area contributed by atoms with Crippen molar-refractivity contribution in [3.8, 4) is 0 Å². The molecular formula is C11H22N4O2S. The topological polar surface area (TPSA) is 90.0 Å². The third-order valence-corrected chi connectivity index (χ3v) is 4.46. The Morgan fingerprint density at radius 1 is 1.39 bits per heavy atom. The van der Waals surface area contributed by atoms with Crippen molar-refractivity contribution in [2.24, 2.45) is 5.73 Å². The van der Waals surface area contributed by atoms with Gasteiger partial charge in [0.1, 0.15) is 4.90 Å². The van der Waals surface area contributed by atoms with Crippen LogP contribution in [0.2, 0.25) is 0 Å². The molecule has 1 heterocycles. The second kappa shape index (κ2) is 5.81. The fourth-order valence-corrected chi connectivity index (χ4v) is 3.56. The third-order valence-electron chi connectivity index (χ3n) is 2.55. The fraction of sp³-hybridized carbons (Fsp3) is 0.727. The third kappa shape index (κ3) is 3.30. The van der Waals surface area contributed by atoms with Gasteiger partial charge in [-0.15, -0.1) is 0 Å². The molecule has 0 unspecified atom stereocenters. The summed E-state index contributed by atoms with van der Waals surface area (Å²) >= 11 is 0. The predicted octanol–water partition coefficient (Wildman–Crippen LogP) is 0.535. The van der Waals surface area contributed by atoms with Gasteiger partial charge >= 0.3 is 0 Å². The lowest BCUT2D eigenvalue weighted by molar-refractivity contribution is 0.559. The summed E-state index contributed by atoms with van der Waals surface area (Å²) < 4.78 is 28.7. The molecule has 3 N–H and O–H groups in total. The molecule has 0 atom stereocenters. The molecule has 0 spiro atoms. The summed E-state index contributed by atoms with van der Waals surface area (Å²) in [4.78, 5) is 0.285. The molecule has 0 aliphatic heterocycles. The summed E-state index contributed by atoms with van der Waals surface area (Å²) in [6.45, 7) is 8.26. The summed E-state index contributed by atoms with van der Waals surface area (Å²) in [6.07, 6.45) is 0.777. The number of nitrogens with one attached hydrogen (secondary N) is 1. The van der Waals surface area contributed by atoms with Crippen molar-refractivity contribution in [2.75, 3.05) is 6.54 Å². The fourth-order valence-electron chi connectivity index (χ4n) is 1.90. The maximum atomic E-state index is 12.2. The van der Waals surface area contributed by atoms with E-state index in [9.17, 15) is 8.42 Å². The number of hydrogen-bond acceptors (Lipinski definition) is 4. The van der Waals surface area contributed by atoms with Gasteiger partial charge in [0.05, 0.1) is 11.4 Å². The molecule has 0 radical (unpaired) electrons. The zero-order valence-electron chi connectivity index (χ0n) is 11.4. The molecule has 6 nitrogen and oxygen atoms in total. The quantitative estimate of drug-likeness (QED) is 0.792. The van der Waals surface area contributed by atoms with Gasteiger partial charge < -0.3 is 5.73 Å². The van der Waals surface area contributed by atoms with Crippen LogP contribution in [0.5, 0.6) is 0 Å². The van der Waals surface area contributed by atoms with Gasteiger partial charge in [0.25, 0.3) is 0 Å². The average Bonchev–Trinajstić information content (AvgIpc) is 2.49. The number of nitrogens with zero attached hydrogens (tertiary/aromatic N) is 2. The van der Waals surface area contributed by atoms with Crippen LogP contribution in [-0.2, 0) is 16.6 Å². The van der Waals surface area contributed by atoms with Crippen LogP contribution in [0.1, 0.15) is 31.7 Å². The SMILES string of the molecule is Cc1nn(CCCN)c(C)c1S(=O)(=O)NC(C)C. The van der Waals surface area contributed by atoms with E-state index in [2.05, 4.69) is 9.82 Å². The highest BCUT2D eigenvalue weighted by Gasteiger charge is 2.24. The van der Waals surface area contributed by atoms with Crippen molar-refractivity contribution in [1.82, 2.24) is 14.5 Å².